The van der Waals surface area contributed by atoms with E-state index in [9.17, 15) is 0 Å². The third-order valence-electron chi connectivity index (χ3n) is 2.73. The zero-order valence-corrected chi connectivity index (χ0v) is 11.8. The minimum absolute atomic E-state index is 0.574. The molecule has 1 nitrogen and oxygen atoms in total. The first kappa shape index (κ1) is 13.1. The van der Waals surface area contributed by atoms with Gasteiger partial charge in [0.2, 0.25) is 0 Å². The lowest BCUT2D eigenvalue weighted by atomic mass is 10.0. The maximum absolute atomic E-state index is 6.10. The summed E-state index contributed by atoms with van der Waals surface area (Å²) in [6.07, 6.45) is 0. The lowest BCUT2D eigenvalue weighted by molar-refractivity contribution is 0.415. The van der Waals surface area contributed by atoms with Crippen LogP contribution in [-0.2, 0) is 0 Å². The highest BCUT2D eigenvalue weighted by Crippen LogP contribution is 2.26. The highest BCUT2D eigenvalue weighted by molar-refractivity contribution is 7.81. The molecule has 0 aliphatic heterocycles. The molecular weight excluding hydrogens is 264 g/mol. The fraction of sp³-hybridized carbons (Fsp3) is 0.133. The van der Waals surface area contributed by atoms with E-state index in [1.807, 2.05) is 42.5 Å². The smallest absolute Gasteiger partial charge is 0.137 e. The van der Waals surface area contributed by atoms with E-state index >= 15 is 0 Å². The van der Waals surface area contributed by atoms with Crippen molar-refractivity contribution in [2.45, 2.75) is 6.92 Å². The molecular formula is C15H13ClOS. The Morgan fingerprint density at radius 2 is 1.67 bits per heavy atom. The molecule has 0 unspecified atom stereocenters. The molecule has 0 heterocycles. The summed E-state index contributed by atoms with van der Waals surface area (Å²) in [7, 11) is 1.60. The number of thiocarbonyl (C=S) groups is 1. The monoisotopic (exact) mass is 276 g/mol. The van der Waals surface area contributed by atoms with Crippen LogP contribution in [0.5, 0.6) is 5.75 Å². The number of rotatable bonds is 3. The number of hydrogen-bond donors (Lipinski definition) is 0. The van der Waals surface area contributed by atoms with Crippen LogP contribution in [0.3, 0.4) is 0 Å². The average molecular weight is 277 g/mol. The van der Waals surface area contributed by atoms with Gasteiger partial charge >= 0.3 is 0 Å². The Morgan fingerprint density at radius 1 is 1.06 bits per heavy atom. The van der Waals surface area contributed by atoms with Crippen molar-refractivity contribution in [2.75, 3.05) is 7.11 Å². The first-order chi connectivity index (χ1) is 8.61. The minimum Gasteiger partial charge on any atom is -0.495 e. The van der Waals surface area contributed by atoms with Crippen molar-refractivity contribution in [2.24, 2.45) is 0 Å². The van der Waals surface area contributed by atoms with Gasteiger partial charge in [-0.1, -0.05) is 53.6 Å². The van der Waals surface area contributed by atoms with Gasteiger partial charge in [0.05, 0.1) is 17.0 Å². The molecule has 92 valence electrons. The summed E-state index contributed by atoms with van der Waals surface area (Å²) < 4.78 is 5.13. The van der Waals surface area contributed by atoms with Crippen LogP contribution in [-0.4, -0.2) is 12.0 Å². The summed E-state index contributed by atoms with van der Waals surface area (Å²) in [5.41, 5.74) is 3.17. The van der Waals surface area contributed by atoms with Crippen molar-refractivity contribution in [3.8, 4) is 5.75 Å². The second kappa shape index (κ2) is 5.51. The molecule has 2 aromatic carbocycles. The summed E-state index contributed by atoms with van der Waals surface area (Å²) in [5, 5.41) is 0.574. The van der Waals surface area contributed by atoms with E-state index in [4.69, 9.17) is 28.6 Å². The lowest BCUT2D eigenvalue weighted by Gasteiger charge is -2.08. The number of ether oxygens (including phenoxy) is 1. The lowest BCUT2D eigenvalue weighted by Crippen LogP contribution is -2.00. The molecule has 3 heteroatoms. The number of hydrogen-bond acceptors (Lipinski definition) is 2. The molecule has 0 aliphatic carbocycles. The second-order valence-electron chi connectivity index (χ2n) is 4.04. The summed E-state index contributed by atoms with van der Waals surface area (Å²) in [5.74, 6) is 0.659. The molecule has 0 spiro atoms. The van der Waals surface area contributed by atoms with Gasteiger partial charge in [-0.15, -0.1) is 0 Å². The Hall–Kier alpha value is -1.38. The van der Waals surface area contributed by atoms with Gasteiger partial charge in [0, 0.05) is 0 Å². The van der Waals surface area contributed by atoms with Crippen LogP contribution in [0, 0.1) is 6.92 Å². The van der Waals surface area contributed by atoms with E-state index in [0.717, 1.165) is 16.0 Å². The van der Waals surface area contributed by atoms with Crippen LogP contribution in [0.2, 0.25) is 5.02 Å². The topological polar surface area (TPSA) is 9.23 Å². The van der Waals surface area contributed by atoms with Gasteiger partial charge in [-0.25, -0.2) is 0 Å². The number of halogens is 1. The van der Waals surface area contributed by atoms with E-state index in [-0.39, 0.29) is 0 Å². The van der Waals surface area contributed by atoms with Crippen molar-refractivity contribution in [1.82, 2.24) is 0 Å². The van der Waals surface area contributed by atoms with Crippen molar-refractivity contribution in [1.29, 1.82) is 0 Å². The van der Waals surface area contributed by atoms with Gasteiger partial charge in [-0.05, 0) is 36.2 Å². The predicted octanol–water partition coefficient (Wildman–Crippen LogP) is 4.42. The van der Waals surface area contributed by atoms with E-state index in [2.05, 4.69) is 6.92 Å². The maximum atomic E-state index is 6.10. The molecule has 0 aliphatic rings. The molecule has 2 rings (SSSR count). The van der Waals surface area contributed by atoms with E-state index < -0.39 is 0 Å². The third-order valence-corrected chi connectivity index (χ3v) is 3.49. The number of methoxy groups -OCH3 is 1. The second-order valence-corrected chi connectivity index (χ2v) is 4.86. The Balaban J connectivity index is 2.34. The summed E-state index contributed by atoms with van der Waals surface area (Å²) in [6.45, 7) is 2.05. The van der Waals surface area contributed by atoms with Gasteiger partial charge < -0.3 is 4.74 Å². The van der Waals surface area contributed by atoms with E-state index in [1.165, 1.54) is 5.56 Å². The van der Waals surface area contributed by atoms with Crippen molar-refractivity contribution < 1.29 is 4.74 Å². The molecule has 2 aromatic rings. The maximum Gasteiger partial charge on any atom is 0.137 e. The van der Waals surface area contributed by atoms with Crippen LogP contribution in [0.25, 0.3) is 0 Å². The van der Waals surface area contributed by atoms with Crippen molar-refractivity contribution in [3.63, 3.8) is 0 Å². The first-order valence-electron chi connectivity index (χ1n) is 5.56. The highest BCUT2D eigenvalue weighted by atomic mass is 35.5. The van der Waals surface area contributed by atoms with Crippen molar-refractivity contribution >= 4 is 28.7 Å². The predicted molar refractivity (Wildman–Crippen MR) is 80.0 cm³/mol. The van der Waals surface area contributed by atoms with Crippen LogP contribution in [0.1, 0.15) is 16.7 Å². The van der Waals surface area contributed by atoms with Gasteiger partial charge in [-0.3, -0.25) is 0 Å². The highest BCUT2D eigenvalue weighted by Gasteiger charge is 2.07. The SMILES string of the molecule is COc1ccc(C(=S)c2ccc(C)cc2)cc1Cl. The number of benzene rings is 2. The van der Waals surface area contributed by atoms with Crippen LogP contribution < -0.4 is 4.74 Å². The molecule has 0 aromatic heterocycles. The molecule has 0 atom stereocenters. The summed E-state index contributed by atoms with van der Waals surface area (Å²) >= 11 is 11.6. The summed E-state index contributed by atoms with van der Waals surface area (Å²) in [4.78, 5) is 0.791. The zero-order chi connectivity index (χ0) is 13.1. The molecule has 0 bridgehead atoms. The molecule has 0 N–H and O–H groups in total. The van der Waals surface area contributed by atoms with E-state index in [0.29, 0.717) is 10.8 Å². The van der Waals surface area contributed by atoms with Crippen LogP contribution >= 0.6 is 23.8 Å². The Bertz CT molecular complexity index is 576. The Kier molecular flexibility index (Phi) is 4.00. The molecule has 0 amide bonds. The quantitative estimate of drug-likeness (QED) is 0.606. The molecule has 18 heavy (non-hydrogen) atoms. The fourth-order valence-electron chi connectivity index (χ4n) is 1.68. The molecule has 0 fully saturated rings. The van der Waals surface area contributed by atoms with Gasteiger partial charge in [-0.2, -0.15) is 0 Å². The largest absolute Gasteiger partial charge is 0.495 e. The van der Waals surface area contributed by atoms with Crippen LogP contribution in [0.4, 0.5) is 0 Å². The van der Waals surface area contributed by atoms with Crippen molar-refractivity contribution in [3.05, 3.63) is 64.2 Å². The molecule has 0 saturated carbocycles. The van der Waals surface area contributed by atoms with Gasteiger partial charge in [0.1, 0.15) is 5.75 Å². The zero-order valence-electron chi connectivity index (χ0n) is 10.2. The fourth-order valence-corrected chi connectivity index (χ4v) is 2.20. The standard InChI is InChI=1S/C15H13ClOS/c1-10-3-5-11(6-4-10)15(18)12-7-8-14(17-2)13(16)9-12/h3-9H,1-2H3. The summed E-state index contributed by atoms with van der Waals surface area (Å²) in [6, 6.07) is 13.7. The normalized spacial score (nSPS) is 10.2. The Morgan fingerprint density at radius 3 is 2.22 bits per heavy atom. The van der Waals surface area contributed by atoms with Gasteiger partial charge in [0.15, 0.2) is 0 Å². The third kappa shape index (κ3) is 2.71. The van der Waals surface area contributed by atoms with Crippen LogP contribution in [0.15, 0.2) is 42.5 Å². The van der Waals surface area contributed by atoms with Gasteiger partial charge in [0.25, 0.3) is 0 Å². The first-order valence-corrected chi connectivity index (χ1v) is 6.35. The minimum atomic E-state index is 0.574. The average Bonchev–Trinajstić information content (AvgIpc) is 2.38. The molecule has 0 saturated heterocycles. The molecule has 0 radical (unpaired) electrons. The Labute approximate surface area is 117 Å². The van der Waals surface area contributed by atoms with E-state index in [1.54, 1.807) is 7.11 Å². The number of aryl methyl sites for hydroxylation is 1.